The highest BCUT2D eigenvalue weighted by Gasteiger charge is 2.27. The minimum atomic E-state index is -0.00911. The van der Waals surface area contributed by atoms with E-state index in [1.54, 1.807) is 0 Å². The molecule has 6 nitrogen and oxygen atoms in total. The number of rotatable bonds is 11. The van der Waals surface area contributed by atoms with E-state index in [0.717, 1.165) is 84.0 Å². The molecule has 0 aliphatic rings. The molecule has 6 aromatic rings. The summed E-state index contributed by atoms with van der Waals surface area (Å²) in [5.41, 5.74) is 8.48. The molecule has 40 heavy (non-hydrogen) atoms. The number of benzene rings is 2. The van der Waals surface area contributed by atoms with E-state index in [4.69, 9.17) is 0 Å². The van der Waals surface area contributed by atoms with E-state index >= 15 is 0 Å². The van der Waals surface area contributed by atoms with Crippen LogP contribution in [0.15, 0.2) is 109 Å². The average molecular weight is 533 g/mol. The molecule has 0 atom stereocenters. The third kappa shape index (κ3) is 4.81. The Morgan fingerprint density at radius 2 is 0.875 bits per heavy atom. The van der Waals surface area contributed by atoms with Crippen molar-refractivity contribution in [1.29, 1.82) is 0 Å². The zero-order valence-corrected chi connectivity index (χ0v) is 22.7. The van der Waals surface area contributed by atoms with Crippen LogP contribution >= 0.6 is 0 Å². The fraction of sp³-hybridized carbons (Fsp3) is 0.235. The standard InChI is InChI=1S/C34H36N4O2/c39-25-29-33(27-15-5-3-6-16-27)37(31-19-9-13-21-35(29)31)23-11-1-2-12-24-38-32-20-10-14-22-36(32)30(26-40)34(38)28-17-7-4-8-18-28/h3-10,13-22,39-40H,1-2,11-12,23-26H2/q+2. The molecule has 0 amide bonds. The molecule has 6 heteroatoms. The van der Waals surface area contributed by atoms with E-state index in [-0.39, 0.29) is 13.2 Å². The van der Waals surface area contributed by atoms with Crippen molar-refractivity contribution < 1.29 is 19.3 Å². The summed E-state index contributed by atoms with van der Waals surface area (Å²) >= 11 is 0. The molecular formula is C34H36N4O2+2. The molecule has 0 saturated carbocycles. The number of imidazole rings is 2. The first-order valence-electron chi connectivity index (χ1n) is 14.2. The van der Waals surface area contributed by atoms with E-state index in [1.807, 2.05) is 36.7 Å². The molecule has 202 valence electrons. The molecule has 0 aliphatic heterocycles. The third-order valence-electron chi connectivity index (χ3n) is 7.81. The van der Waals surface area contributed by atoms with Crippen LogP contribution in [0.4, 0.5) is 0 Å². The maximum absolute atomic E-state index is 10.3. The molecule has 4 heterocycles. The fourth-order valence-electron chi connectivity index (χ4n) is 6.02. The minimum Gasteiger partial charge on any atom is -0.388 e. The van der Waals surface area contributed by atoms with Crippen LogP contribution in [0.5, 0.6) is 0 Å². The Morgan fingerprint density at radius 3 is 1.27 bits per heavy atom. The van der Waals surface area contributed by atoms with E-state index in [1.165, 1.54) is 0 Å². The van der Waals surface area contributed by atoms with Crippen molar-refractivity contribution in [3.8, 4) is 22.5 Å². The van der Waals surface area contributed by atoms with Gasteiger partial charge in [-0.3, -0.25) is 0 Å². The van der Waals surface area contributed by atoms with Gasteiger partial charge in [-0.05, 0) is 37.8 Å². The summed E-state index contributed by atoms with van der Waals surface area (Å²) in [6, 6.07) is 33.2. The Balaban J connectivity index is 1.19. The molecular weight excluding hydrogens is 496 g/mol. The second-order valence-electron chi connectivity index (χ2n) is 10.2. The van der Waals surface area contributed by atoms with Crippen LogP contribution in [0.1, 0.15) is 37.1 Å². The maximum atomic E-state index is 10.3. The summed E-state index contributed by atoms with van der Waals surface area (Å²) in [4.78, 5) is 0. The van der Waals surface area contributed by atoms with Gasteiger partial charge in [-0.25, -0.2) is 9.13 Å². The van der Waals surface area contributed by atoms with E-state index in [0.29, 0.717) is 0 Å². The third-order valence-corrected chi connectivity index (χ3v) is 7.81. The zero-order chi connectivity index (χ0) is 27.3. The summed E-state index contributed by atoms with van der Waals surface area (Å²) in [7, 11) is 0. The van der Waals surface area contributed by atoms with E-state index in [2.05, 4.69) is 90.7 Å². The van der Waals surface area contributed by atoms with Crippen LogP contribution in [0.25, 0.3) is 33.8 Å². The van der Waals surface area contributed by atoms with Gasteiger partial charge in [-0.1, -0.05) is 72.8 Å². The Morgan fingerprint density at radius 1 is 0.475 bits per heavy atom. The molecule has 0 fully saturated rings. The SMILES string of the molecule is OCc1c(-c2ccccc2)[n+](CCCCCC[n+]2c(-c3ccccc3)c(CO)n3ccccc32)c2ccccn12. The van der Waals surface area contributed by atoms with E-state index in [9.17, 15) is 10.2 Å². The molecule has 0 saturated heterocycles. The average Bonchev–Trinajstić information content (AvgIpc) is 3.51. The number of aliphatic hydroxyl groups excluding tert-OH is 2. The minimum absolute atomic E-state index is 0.00911. The number of hydrogen-bond acceptors (Lipinski definition) is 2. The number of fused-ring (bicyclic) bond motifs is 2. The van der Waals surface area contributed by atoms with Crippen molar-refractivity contribution in [2.24, 2.45) is 0 Å². The first-order valence-corrected chi connectivity index (χ1v) is 14.2. The summed E-state index contributed by atoms with van der Waals surface area (Å²) < 4.78 is 8.94. The lowest BCUT2D eigenvalue weighted by atomic mass is 10.1. The number of aryl methyl sites for hydroxylation is 2. The van der Waals surface area contributed by atoms with Gasteiger partial charge in [-0.2, -0.15) is 8.80 Å². The number of pyridine rings is 2. The van der Waals surface area contributed by atoms with Gasteiger partial charge in [0.05, 0.1) is 25.5 Å². The van der Waals surface area contributed by atoms with Crippen molar-refractivity contribution in [1.82, 2.24) is 8.80 Å². The molecule has 6 rings (SSSR count). The van der Waals surface area contributed by atoms with Crippen molar-refractivity contribution in [2.75, 3.05) is 0 Å². The normalized spacial score (nSPS) is 11.6. The topological polar surface area (TPSA) is 57.0 Å². The molecule has 0 unspecified atom stereocenters. The zero-order valence-electron chi connectivity index (χ0n) is 22.7. The van der Waals surface area contributed by atoms with Crippen LogP contribution in [0.2, 0.25) is 0 Å². The molecule has 0 spiro atoms. The first kappa shape index (κ1) is 26.0. The summed E-state index contributed by atoms with van der Waals surface area (Å²) in [6.45, 7) is 1.77. The van der Waals surface area contributed by atoms with Crippen LogP contribution in [-0.4, -0.2) is 19.0 Å². The van der Waals surface area contributed by atoms with Crippen LogP contribution in [0, 0.1) is 0 Å². The molecule has 0 aliphatic carbocycles. The Hall–Kier alpha value is -4.26. The van der Waals surface area contributed by atoms with Crippen LogP contribution in [0.3, 0.4) is 0 Å². The van der Waals surface area contributed by atoms with Crippen molar-refractivity contribution in [2.45, 2.75) is 52.0 Å². The van der Waals surface area contributed by atoms with Crippen LogP contribution < -0.4 is 9.13 Å². The summed E-state index contributed by atoms with van der Waals surface area (Å²) in [5, 5.41) is 20.6. The van der Waals surface area contributed by atoms with Gasteiger partial charge in [0, 0.05) is 23.3 Å². The maximum Gasteiger partial charge on any atom is 0.286 e. The van der Waals surface area contributed by atoms with Crippen LogP contribution in [-0.2, 0) is 26.3 Å². The quantitative estimate of drug-likeness (QED) is 0.175. The second kappa shape index (κ2) is 11.9. The van der Waals surface area contributed by atoms with Gasteiger partial charge < -0.3 is 10.2 Å². The second-order valence-corrected chi connectivity index (χ2v) is 10.2. The van der Waals surface area contributed by atoms with Gasteiger partial charge >= 0.3 is 0 Å². The summed E-state index contributed by atoms with van der Waals surface area (Å²) in [5.74, 6) is 0. The van der Waals surface area contributed by atoms with Gasteiger partial charge in [0.25, 0.3) is 11.3 Å². The number of hydrogen-bond donors (Lipinski definition) is 2. The van der Waals surface area contributed by atoms with Gasteiger partial charge in [0.15, 0.2) is 22.8 Å². The van der Waals surface area contributed by atoms with E-state index < -0.39 is 0 Å². The monoisotopic (exact) mass is 532 g/mol. The lowest BCUT2D eigenvalue weighted by Gasteiger charge is -2.06. The highest BCUT2D eigenvalue weighted by atomic mass is 16.3. The lowest BCUT2D eigenvalue weighted by Crippen LogP contribution is -2.36. The van der Waals surface area contributed by atoms with Gasteiger partial charge in [0.2, 0.25) is 0 Å². The molecule has 2 aromatic carbocycles. The van der Waals surface area contributed by atoms with Crippen molar-refractivity contribution >= 4 is 11.3 Å². The smallest absolute Gasteiger partial charge is 0.286 e. The highest BCUT2D eigenvalue weighted by Crippen LogP contribution is 2.25. The highest BCUT2D eigenvalue weighted by molar-refractivity contribution is 5.62. The summed E-state index contributed by atoms with van der Waals surface area (Å²) in [6.07, 6.45) is 8.40. The van der Waals surface area contributed by atoms with Crippen molar-refractivity contribution in [3.05, 3.63) is 121 Å². The fourth-order valence-corrected chi connectivity index (χ4v) is 6.02. The number of aromatic nitrogens is 4. The van der Waals surface area contributed by atoms with Crippen molar-refractivity contribution in [3.63, 3.8) is 0 Å². The number of nitrogens with zero attached hydrogens (tertiary/aromatic N) is 4. The molecule has 4 aromatic heterocycles. The Labute approximate surface area is 234 Å². The molecule has 2 N–H and O–H groups in total. The predicted octanol–water partition coefficient (Wildman–Crippen LogP) is 5.35. The molecule has 0 bridgehead atoms. The lowest BCUT2D eigenvalue weighted by molar-refractivity contribution is -0.662. The number of unbranched alkanes of at least 4 members (excludes halogenated alkanes) is 3. The van der Waals surface area contributed by atoms with Gasteiger partial charge in [0.1, 0.15) is 13.2 Å². The van der Waals surface area contributed by atoms with Gasteiger partial charge in [-0.15, -0.1) is 0 Å². The largest absolute Gasteiger partial charge is 0.388 e. The predicted molar refractivity (Wildman–Crippen MR) is 156 cm³/mol. The first-order chi connectivity index (χ1) is 19.8. The molecule has 0 radical (unpaired) electrons. The number of aliphatic hydroxyl groups is 2. The Bertz CT molecular complexity index is 1590. The Kier molecular flexibility index (Phi) is 7.71.